The molecule has 3 fully saturated rings. The highest BCUT2D eigenvalue weighted by Gasteiger charge is 2.67. The van der Waals surface area contributed by atoms with Gasteiger partial charge >= 0.3 is 11.9 Å². The molecule has 0 spiro atoms. The van der Waals surface area contributed by atoms with Gasteiger partial charge in [0.2, 0.25) is 0 Å². The van der Waals surface area contributed by atoms with Crippen molar-refractivity contribution in [3.63, 3.8) is 0 Å². The second-order valence-electron chi connectivity index (χ2n) is 11.0. The molecule has 7 nitrogen and oxygen atoms in total. The van der Waals surface area contributed by atoms with E-state index in [0.29, 0.717) is 12.8 Å². The van der Waals surface area contributed by atoms with Gasteiger partial charge < -0.3 is 21.1 Å². The zero-order valence-electron chi connectivity index (χ0n) is 19.9. The van der Waals surface area contributed by atoms with Crippen molar-refractivity contribution in [3.8, 4) is 0 Å². The first-order valence-corrected chi connectivity index (χ1v) is 11.8. The van der Waals surface area contributed by atoms with Gasteiger partial charge in [-0.1, -0.05) is 26.3 Å². The largest absolute Gasteiger partial charge is 0.481 e. The van der Waals surface area contributed by atoms with E-state index >= 15 is 0 Å². The fraction of sp³-hybridized carbons (Fsp3) is 0.800. The molecular weight excluding hydrogens is 410 g/mol. The lowest BCUT2D eigenvalue weighted by atomic mass is 9.42. The molecule has 0 saturated heterocycles. The smallest absolute Gasteiger partial charge is 0.309 e. The highest BCUT2D eigenvalue weighted by molar-refractivity contribution is 5.92. The predicted octanol–water partition coefficient (Wildman–Crippen LogP) is 3.92. The summed E-state index contributed by atoms with van der Waals surface area (Å²) in [6.07, 6.45) is 6.41. The lowest BCUT2D eigenvalue weighted by molar-refractivity contribution is -0.174. The molecule has 0 aromatic carbocycles. The predicted molar refractivity (Wildman–Crippen MR) is 119 cm³/mol. The molecule has 0 amide bonds. The molecule has 180 valence electrons. The summed E-state index contributed by atoms with van der Waals surface area (Å²) in [5.41, 5.74) is -0.462. The maximum atomic E-state index is 13.1. The number of carboxylic acids is 1. The molecule has 7 heteroatoms. The highest BCUT2D eigenvalue weighted by atomic mass is 16.5. The lowest BCUT2D eigenvalue weighted by Gasteiger charge is -2.62. The van der Waals surface area contributed by atoms with Crippen LogP contribution in [0, 0.1) is 40.4 Å². The van der Waals surface area contributed by atoms with Crippen LogP contribution in [0.1, 0.15) is 72.1 Å². The zero-order valence-corrected chi connectivity index (χ0v) is 19.9. The van der Waals surface area contributed by atoms with E-state index in [1.165, 1.54) is 7.11 Å². The topological polar surface area (TPSA) is 136 Å². The molecule has 0 heterocycles. The van der Waals surface area contributed by atoms with Crippen molar-refractivity contribution >= 4 is 17.7 Å². The summed E-state index contributed by atoms with van der Waals surface area (Å²) in [7, 11) is 1.43. The van der Waals surface area contributed by atoms with Gasteiger partial charge in [0.15, 0.2) is 5.78 Å². The van der Waals surface area contributed by atoms with Crippen LogP contribution in [0.15, 0.2) is 11.6 Å². The number of allylic oxidation sites excluding steroid dienone is 1. The van der Waals surface area contributed by atoms with Crippen molar-refractivity contribution in [1.29, 1.82) is 0 Å². The van der Waals surface area contributed by atoms with Crippen LogP contribution in [0.3, 0.4) is 0 Å². The van der Waals surface area contributed by atoms with Crippen molar-refractivity contribution in [2.24, 2.45) is 40.4 Å². The number of esters is 1. The van der Waals surface area contributed by atoms with E-state index in [9.17, 15) is 24.6 Å². The quantitative estimate of drug-likeness (QED) is 0.553. The summed E-state index contributed by atoms with van der Waals surface area (Å²) in [6, 6.07) is 0. The van der Waals surface area contributed by atoms with Gasteiger partial charge in [-0.25, -0.2) is 0 Å². The number of methoxy groups -OCH3 is 1. The van der Waals surface area contributed by atoms with E-state index in [4.69, 9.17) is 4.74 Å². The Kier molecular flexibility index (Phi) is 6.42. The molecule has 4 aliphatic carbocycles. The number of rotatable bonds is 4. The molecule has 4 rings (SSSR count). The first-order chi connectivity index (χ1) is 14.5. The molecule has 0 aromatic rings. The van der Waals surface area contributed by atoms with E-state index in [1.54, 1.807) is 6.08 Å². The van der Waals surface area contributed by atoms with Crippen molar-refractivity contribution < 1.29 is 29.3 Å². The number of carbonyl (C=O) groups is 3. The standard InChI is InChI=1S/C25H36O6.H3N/c1-14-18-13-15(26)5-9-23(18,2)16-6-10-24(3)17(21(16)20(14)22(29)31-4)7-11-25(24,30)12-8-19(27)28;/h13-14,16-17,20-21,30H,5-12H2,1-4H3,(H,27,28);1H3/t14-,16-,17-,20+,21+,23+,24-,25+;/m0./s1. The molecule has 3 saturated carbocycles. The molecule has 0 aliphatic heterocycles. The zero-order chi connectivity index (χ0) is 22.8. The van der Waals surface area contributed by atoms with Gasteiger partial charge in [-0.15, -0.1) is 0 Å². The Morgan fingerprint density at radius 2 is 1.81 bits per heavy atom. The summed E-state index contributed by atoms with van der Waals surface area (Å²) < 4.78 is 5.27. The summed E-state index contributed by atoms with van der Waals surface area (Å²) in [4.78, 5) is 36.6. The Morgan fingerprint density at radius 1 is 1.16 bits per heavy atom. The maximum absolute atomic E-state index is 13.1. The van der Waals surface area contributed by atoms with Gasteiger partial charge in [-0.3, -0.25) is 14.4 Å². The van der Waals surface area contributed by atoms with Gasteiger partial charge in [0.05, 0.1) is 18.6 Å². The summed E-state index contributed by atoms with van der Waals surface area (Å²) in [5, 5.41) is 20.8. The van der Waals surface area contributed by atoms with E-state index in [0.717, 1.165) is 31.3 Å². The van der Waals surface area contributed by atoms with Gasteiger partial charge in [0.1, 0.15) is 0 Å². The molecule has 0 radical (unpaired) electrons. The van der Waals surface area contributed by atoms with Crippen LogP contribution < -0.4 is 6.15 Å². The Balaban J connectivity index is 0.00000289. The van der Waals surface area contributed by atoms with E-state index in [2.05, 4.69) is 20.8 Å². The van der Waals surface area contributed by atoms with Crippen LogP contribution in [0.4, 0.5) is 0 Å². The number of hydrogen-bond acceptors (Lipinski definition) is 6. The van der Waals surface area contributed by atoms with E-state index in [-0.39, 0.29) is 65.7 Å². The number of carboxylic acid groups (broad SMARTS) is 1. The number of aliphatic carboxylic acids is 1. The Bertz CT molecular complexity index is 838. The third-order valence-electron chi connectivity index (χ3n) is 10.0. The van der Waals surface area contributed by atoms with Crippen molar-refractivity contribution in [3.05, 3.63) is 11.6 Å². The van der Waals surface area contributed by atoms with Crippen molar-refractivity contribution in [1.82, 2.24) is 6.15 Å². The lowest BCUT2D eigenvalue weighted by Crippen LogP contribution is -2.60. The van der Waals surface area contributed by atoms with Gasteiger partial charge in [0.25, 0.3) is 0 Å². The minimum Gasteiger partial charge on any atom is -0.481 e. The SMILES string of the molecule is COC(=O)[C@H]1[C@@H]2[C@H](CC[C@@]3(C)[C@H]2CC[C@@]3(O)CCC(=O)O)[C@@]2(C)CCC(=O)C=C2[C@@H]1C.N. The van der Waals surface area contributed by atoms with Crippen molar-refractivity contribution in [2.75, 3.05) is 7.11 Å². The van der Waals surface area contributed by atoms with Crippen LogP contribution in [-0.4, -0.2) is 40.6 Å². The molecule has 5 N–H and O–H groups in total. The average Bonchev–Trinajstić information content (AvgIpc) is 2.99. The van der Waals surface area contributed by atoms with Crippen LogP contribution in [0.2, 0.25) is 0 Å². The monoisotopic (exact) mass is 449 g/mol. The molecule has 8 atom stereocenters. The fourth-order valence-corrected chi connectivity index (χ4v) is 8.29. The van der Waals surface area contributed by atoms with Crippen LogP contribution >= 0.6 is 0 Å². The van der Waals surface area contributed by atoms with Crippen LogP contribution in [0.5, 0.6) is 0 Å². The Morgan fingerprint density at radius 3 is 2.44 bits per heavy atom. The minimum absolute atomic E-state index is 0. The molecular formula is C25H39NO6. The first-order valence-electron chi connectivity index (χ1n) is 11.8. The molecule has 0 unspecified atom stereocenters. The second-order valence-corrected chi connectivity index (χ2v) is 11.0. The van der Waals surface area contributed by atoms with Crippen LogP contribution in [0.25, 0.3) is 0 Å². The molecule has 0 aromatic heterocycles. The normalized spacial score (nSPS) is 45.0. The second kappa shape index (κ2) is 8.24. The summed E-state index contributed by atoms with van der Waals surface area (Å²) in [6.45, 7) is 6.43. The third kappa shape index (κ3) is 3.35. The number of ether oxygens (including phenoxy) is 1. The molecule has 4 aliphatic rings. The minimum atomic E-state index is -1.02. The number of aliphatic hydroxyl groups is 1. The van der Waals surface area contributed by atoms with Crippen LogP contribution in [-0.2, 0) is 19.1 Å². The fourth-order valence-electron chi connectivity index (χ4n) is 8.29. The first kappa shape index (κ1) is 24.9. The number of hydrogen-bond donors (Lipinski definition) is 3. The molecule has 0 bridgehead atoms. The summed E-state index contributed by atoms with van der Waals surface area (Å²) in [5.74, 6) is -0.943. The third-order valence-corrected chi connectivity index (χ3v) is 10.0. The van der Waals surface area contributed by atoms with E-state index < -0.39 is 17.0 Å². The van der Waals surface area contributed by atoms with Crippen molar-refractivity contribution in [2.45, 2.75) is 77.7 Å². The molecule has 32 heavy (non-hydrogen) atoms. The highest BCUT2D eigenvalue weighted by Crippen LogP contribution is 2.70. The van der Waals surface area contributed by atoms with E-state index in [1.807, 2.05) is 0 Å². The maximum Gasteiger partial charge on any atom is 0.309 e. The number of ketones is 1. The number of carbonyl (C=O) groups excluding carboxylic acids is 2. The Labute approximate surface area is 190 Å². The number of fused-ring (bicyclic) bond motifs is 5. The van der Waals surface area contributed by atoms with Gasteiger partial charge in [-0.05, 0) is 79.1 Å². The average molecular weight is 450 g/mol. The van der Waals surface area contributed by atoms with Gasteiger partial charge in [0, 0.05) is 12.8 Å². The summed E-state index contributed by atoms with van der Waals surface area (Å²) >= 11 is 0. The Hall–Kier alpha value is -1.73. The van der Waals surface area contributed by atoms with Gasteiger partial charge in [-0.2, -0.15) is 0 Å².